The molecule has 2 fully saturated rings. The molecule has 2 unspecified atom stereocenters. The molecule has 0 aromatic heterocycles. The largest absolute Gasteiger partial charge is 0.372 e. The van der Waals surface area contributed by atoms with E-state index in [1.54, 1.807) is 0 Å². The zero-order valence-electron chi connectivity index (χ0n) is 9.84. The SMILES string of the molecule is C=C1CCC2CCC(C(C)(C)C)CN12. The maximum Gasteiger partial charge on any atom is 0.0290 e. The highest BCUT2D eigenvalue weighted by Gasteiger charge is 2.37. The van der Waals surface area contributed by atoms with Crippen LogP contribution in [-0.2, 0) is 0 Å². The van der Waals surface area contributed by atoms with Gasteiger partial charge in [0.05, 0.1) is 0 Å². The summed E-state index contributed by atoms with van der Waals surface area (Å²) in [6, 6.07) is 0.834. The van der Waals surface area contributed by atoms with Crippen LogP contribution in [0, 0.1) is 11.3 Å². The molecule has 0 N–H and O–H groups in total. The van der Waals surface area contributed by atoms with Gasteiger partial charge in [-0.3, -0.25) is 0 Å². The summed E-state index contributed by atoms with van der Waals surface area (Å²) in [7, 11) is 0. The van der Waals surface area contributed by atoms with Crippen molar-refractivity contribution >= 4 is 0 Å². The van der Waals surface area contributed by atoms with Gasteiger partial charge < -0.3 is 4.90 Å². The molecule has 2 aliphatic heterocycles. The number of piperidine rings is 1. The molecule has 0 amide bonds. The van der Waals surface area contributed by atoms with Crippen molar-refractivity contribution in [2.45, 2.75) is 52.5 Å². The Morgan fingerprint density at radius 1 is 1.21 bits per heavy atom. The minimum Gasteiger partial charge on any atom is -0.372 e. The summed E-state index contributed by atoms with van der Waals surface area (Å²) in [5.41, 5.74) is 1.86. The van der Waals surface area contributed by atoms with Gasteiger partial charge in [0.2, 0.25) is 0 Å². The predicted molar refractivity (Wildman–Crippen MR) is 61.0 cm³/mol. The quantitative estimate of drug-likeness (QED) is 0.570. The maximum absolute atomic E-state index is 4.18. The fourth-order valence-electron chi connectivity index (χ4n) is 2.90. The standard InChI is InChI=1S/C13H23N/c1-10-5-7-12-8-6-11(9-14(10)12)13(2,3)4/h11-12H,1,5-9H2,2-4H3. The highest BCUT2D eigenvalue weighted by Crippen LogP contribution is 2.41. The minimum absolute atomic E-state index is 0.466. The van der Waals surface area contributed by atoms with E-state index in [-0.39, 0.29) is 0 Å². The molecule has 14 heavy (non-hydrogen) atoms. The average Bonchev–Trinajstić information content (AvgIpc) is 2.46. The summed E-state index contributed by atoms with van der Waals surface area (Å²) in [4.78, 5) is 2.58. The molecule has 0 aromatic rings. The normalized spacial score (nSPS) is 33.4. The molecule has 2 atom stereocenters. The highest BCUT2D eigenvalue weighted by molar-refractivity contribution is 5.07. The summed E-state index contributed by atoms with van der Waals surface area (Å²) >= 11 is 0. The Hall–Kier alpha value is -0.460. The lowest BCUT2D eigenvalue weighted by molar-refractivity contribution is 0.0971. The van der Waals surface area contributed by atoms with E-state index in [0.717, 1.165) is 12.0 Å². The van der Waals surface area contributed by atoms with Crippen molar-refractivity contribution in [2.24, 2.45) is 11.3 Å². The monoisotopic (exact) mass is 193 g/mol. The number of nitrogens with zero attached hydrogens (tertiary/aromatic N) is 1. The van der Waals surface area contributed by atoms with Crippen LogP contribution in [0.1, 0.15) is 46.5 Å². The first-order valence-electron chi connectivity index (χ1n) is 5.93. The molecule has 1 heteroatoms. The van der Waals surface area contributed by atoms with E-state index in [0.29, 0.717) is 5.41 Å². The topological polar surface area (TPSA) is 3.24 Å². The van der Waals surface area contributed by atoms with Gasteiger partial charge in [-0.05, 0) is 37.0 Å². The predicted octanol–water partition coefficient (Wildman–Crippen LogP) is 3.42. The van der Waals surface area contributed by atoms with Gasteiger partial charge in [-0.25, -0.2) is 0 Å². The first-order valence-corrected chi connectivity index (χ1v) is 5.93. The van der Waals surface area contributed by atoms with Gasteiger partial charge in [0.25, 0.3) is 0 Å². The fraction of sp³-hybridized carbons (Fsp3) is 0.846. The van der Waals surface area contributed by atoms with Gasteiger partial charge >= 0.3 is 0 Å². The summed E-state index contributed by atoms with van der Waals surface area (Å²) < 4.78 is 0. The molecule has 2 heterocycles. The van der Waals surface area contributed by atoms with Crippen molar-refractivity contribution in [3.63, 3.8) is 0 Å². The molecule has 2 saturated heterocycles. The Bertz CT molecular complexity index is 236. The summed E-state index contributed by atoms with van der Waals surface area (Å²) in [6.45, 7) is 12.6. The van der Waals surface area contributed by atoms with E-state index in [4.69, 9.17) is 0 Å². The smallest absolute Gasteiger partial charge is 0.0290 e. The molecule has 0 aromatic carbocycles. The van der Waals surface area contributed by atoms with E-state index < -0.39 is 0 Å². The van der Waals surface area contributed by atoms with Crippen molar-refractivity contribution in [1.82, 2.24) is 4.90 Å². The van der Waals surface area contributed by atoms with Crippen LogP contribution in [0.2, 0.25) is 0 Å². The van der Waals surface area contributed by atoms with Crippen molar-refractivity contribution in [3.05, 3.63) is 12.3 Å². The van der Waals surface area contributed by atoms with Gasteiger partial charge in [0.15, 0.2) is 0 Å². The highest BCUT2D eigenvalue weighted by atomic mass is 15.2. The molecule has 80 valence electrons. The van der Waals surface area contributed by atoms with Gasteiger partial charge in [0.1, 0.15) is 0 Å². The Kier molecular flexibility index (Phi) is 2.36. The van der Waals surface area contributed by atoms with Crippen molar-refractivity contribution in [1.29, 1.82) is 0 Å². The van der Waals surface area contributed by atoms with Crippen LogP contribution < -0.4 is 0 Å². The van der Waals surface area contributed by atoms with E-state index in [2.05, 4.69) is 32.3 Å². The first kappa shape index (κ1) is 10.1. The maximum atomic E-state index is 4.18. The molecule has 2 rings (SSSR count). The van der Waals surface area contributed by atoms with Gasteiger partial charge in [-0.1, -0.05) is 27.4 Å². The van der Waals surface area contributed by atoms with Crippen molar-refractivity contribution < 1.29 is 0 Å². The number of allylic oxidation sites excluding steroid dienone is 1. The van der Waals surface area contributed by atoms with Gasteiger partial charge in [0, 0.05) is 18.3 Å². The fourth-order valence-corrected chi connectivity index (χ4v) is 2.90. The van der Waals surface area contributed by atoms with Crippen LogP contribution in [0.3, 0.4) is 0 Å². The molecular formula is C13H23N. The Morgan fingerprint density at radius 3 is 2.57 bits per heavy atom. The second-order valence-corrected chi connectivity index (χ2v) is 6.05. The lowest BCUT2D eigenvalue weighted by atomic mass is 9.75. The van der Waals surface area contributed by atoms with Crippen LogP contribution in [0.15, 0.2) is 12.3 Å². The van der Waals surface area contributed by atoms with E-state index in [1.165, 1.54) is 37.9 Å². The molecule has 0 aliphatic carbocycles. The van der Waals surface area contributed by atoms with Crippen molar-refractivity contribution in [3.8, 4) is 0 Å². The molecule has 0 bridgehead atoms. The summed E-state index contributed by atoms with van der Waals surface area (Å²) in [5, 5.41) is 0. The lowest BCUT2D eigenvalue weighted by Gasteiger charge is -2.42. The lowest BCUT2D eigenvalue weighted by Crippen LogP contribution is -2.42. The first-order chi connectivity index (χ1) is 6.48. The number of fused-ring (bicyclic) bond motifs is 1. The van der Waals surface area contributed by atoms with E-state index in [1.807, 2.05) is 0 Å². The average molecular weight is 193 g/mol. The second-order valence-electron chi connectivity index (χ2n) is 6.05. The summed E-state index contributed by atoms with van der Waals surface area (Å²) in [6.07, 6.45) is 5.40. The number of hydrogen-bond acceptors (Lipinski definition) is 1. The molecule has 1 nitrogen and oxygen atoms in total. The van der Waals surface area contributed by atoms with Crippen LogP contribution in [-0.4, -0.2) is 17.5 Å². The Labute approximate surface area is 88.2 Å². The van der Waals surface area contributed by atoms with Crippen molar-refractivity contribution in [2.75, 3.05) is 6.54 Å². The van der Waals surface area contributed by atoms with Crippen LogP contribution >= 0.6 is 0 Å². The Balaban J connectivity index is 2.05. The molecule has 2 aliphatic rings. The van der Waals surface area contributed by atoms with Crippen LogP contribution in [0.5, 0.6) is 0 Å². The van der Waals surface area contributed by atoms with Gasteiger partial charge in [-0.15, -0.1) is 0 Å². The molecule has 0 radical (unpaired) electrons. The molecule has 0 saturated carbocycles. The number of hydrogen-bond donors (Lipinski definition) is 0. The zero-order valence-corrected chi connectivity index (χ0v) is 9.84. The van der Waals surface area contributed by atoms with Gasteiger partial charge in [-0.2, -0.15) is 0 Å². The van der Waals surface area contributed by atoms with Crippen LogP contribution in [0.25, 0.3) is 0 Å². The zero-order chi connectivity index (χ0) is 10.3. The molecule has 0 spiro atoms. The third-order valence-electron chi connectivity index (χ3n) is 4.10. The van der Waals surface area contributed by atoms with E-state index in [9.17, 15) is 0 Å². The third kappa shape index (κ3) is 1.69. The van der Waals surface area contributed by atoms with E-state index >= 15 is 0 Å². The third-order valence-corrected chi connectivity index (χ3v) is 4.10. The number of rotatable bonds is 0. The second kappa shape index (κ2) is 3.29. The molecular weight excluding hydrogens is 170 g/mol. The summed E-state index contributed by atoms with van der Waals surface area (Å²) in [5.74, 6) is 0.855. The van der Waals surface area contributed by atoms with Crippen LogP contribution in [0.4, 0.5) is 0 Å². The Morgan fingerprint density at radius 2 is 1.93 bits per heavy atom. The minimum atomic E-state index is 0.466.